The molecule has 9 heteroatoms. The summed E-state index contributed by atoms with van der Waals surface area (Å²) in [5.41, 5.74) is 2.27. The van der Waals surface area contributed by atoms with Crippen LogP contribution >= 0.6 is 11.8 Å². The molecule has 3 aromatic rings. The monoisotopic (exact) mass is 450 g/mol. The van der Waals surface area contributed by atoms with Crippen molar-refractivity contribution in [1.82, 2.24) is 15.2 Å². The van der Waals surface area contributed by atoms with Crippen molar-refractivity contribution in [1.29, 1.82) is 0 Å². The minimum absolute atomic E-state index is 0.162. The van der Waals surface area contributed by atoms with Crippen LogP contribution in [0.3, 0.4) is 0 Å². The van der Waals surface area contributed by atoms with E-state index in [9.17, 15) is 9.59 Å². The third-order valence-corrected chi connectivity index (χ3v) is 5.50. The van der Waals surface area contributed by atoms with Crippen LogP contribution in [0, 0.1) is 0 Å². The highest BCUT2D eigenvalue weighted by Crippen LogP contribution is 2.45. The van der Waals surface area contributed by atoms with Crippen molar-refractivity contribution in [2.45, 2.75) is 38.1 Å². The standard InChI is InChI=1S/C23H22N4O4S/c1-4-18(28)27-16-12-8-6-10-14(16)20-21(24-23(32-3)26-25-20)31-22(27)15-11-7-9-13-17(15)30-19(29)5-2/h6-13,22H,4-5H2,1-3H3/t22-/m1/s1. The fourth-order valence-corrected chi connectivity index (χ4v) is 3.71. The molecule has 2 aromatic carbocycles. The molecule has 0 unspecified atom stereocenters. The number of para-hydroxylation sites is 2. The van der Waals surface area contributed by atoms with E-state index in [-0.39, 0.29) is 30.6 Å². The van der Waals surface area contributed by atoms with Crippen LogP contribution in [0.1, 0.15) is 38.5 Å². The van der Waals surface area contributed by atoms with E-state index in [1.54, 1.807) is 43.0 Å². The van der Waals surface area contributed by atoms with Gasteiger partial charge in [-0.2, -0.15) is 4.98 Å². The molecule has 0 bridgehead atoms. The highest BCUT2D eigenvalue weighted by Gasteiger charge is 2.36. The van der Waals surface area contributed by atoms with E-state index in [2.05, 4.69) is 15.2 Å². The van der Waals surface area contributed by atoms with E-state index in [1.165, 1.54) is 11.8 Å². The van der Waals surface area contributed by atoms with Gasteiger partial charge in [-0.25, -0.2) is 0 Å². The van der Waals surface area contributed by atoms with Crippen molar-refractivity contribution in [3.63, 3.8) is 0 Å². The zero-order valence-electron chi connectivity index (χ0n) is 17.9. The number of hydrogen-bond donors (Lipinski definition) is 0. The average molecular weight is 451 g/mol. The van der Waals surface area contributed by atoms with Gasteiger partial charge in [0.1, 0.15) is 5.75 Å². The number of fused-ring (bicyclic) bond motifs is 3. The second-order valence-electron chi connectivity index (χ2n) is 6.92. The maximum atomic E-state index is 13.2. The largest absolute Gasteiger partial charge is 0.447 e. The van der Waals surface area contributed by atoms with Gasteiger partial charge in [0.25, 0.3) is 0 Å². The van der Waals surface area contributed by atoms with Crippen LogP contribution in [0.25, 0.3) is 11.3 Å². The molecule has 1 aliphatic heterocycles. The van der Waals surface area contributed by atoms with Crippen LogP contribution in [-0.4, -0.2) is 33.3 Å². The first-order chi connectivity index (χ1) is 15.6. The van der Waals surface area contributed by atoms with Gasteiger partial charge < -0.3 is 9.47 Å². The van der Waals surface area contributed by atoms with Gasteiger partial charge in [-0.15, -0.1) is 10.2 Å². The number of carbonyl (C=O) groups excluding carboxylic acids is 2. The summed E-state index contributed by atoms with van der Waals surface area (Å²) in [5, 5.41) is 8.94. The summed E-state index contributed by atoms with van der Waals surface area (Å²) in [7, 11) is 0. The van der Waals surface area contributed by atoms with Gasteiger partial charge in [-0.1, -0.05) is 55.9 Å². The first-order valence-corrected chi connectivity index (χ1v) is 11.5. The maximum Gasteiger partial charge on any atom is 0.310 e. The zero-order chi connectivity index (χ0) is 22.7. The summed E-state index contributed by atoms with van der Waals surface area (Å²) < 4.78 is 11.9. The topological polar surface area (TPSA) is 94.5 Å². The molecule has 0 saturated carbocycles. The van der Waals surface area contributed by atoms with Gasteiger partial charge in [0.2, 0.25) is 23.2 Å². The van der Waals surface area contributed by atoms with E-state index < -0.39 is 6.23 Å². The zero-order valence-corrected chi connectivity index (χ0v) is 18.8. The first-order valence-electron chi connectivity index (χ1n) is 10.2. The highest BCUT2D eigenvalue weighted by molar-refractivity contribution is 7.98. The fourth-order valence-electron chi connectivity index (χ4n) is 3.41. The van der Waals surface area contributed by atoms with Gasteiger partial charge >= 0.3 is 5.97 Å². The summed E-state index contributed by atoms with van der Waals surface area (Å²) in [5.74, 6) is 0.0370. The van der Waals surface area contributed by atoms with Crippen LogP contribution in [-0.2, 0) is 9.59 Å². The number of ether oxygens (including phenoxy) is 2. The van der Waals surface area contributed by atoms with E-state index in [1.807, 2.05) is 30.5 Å². The number of hydrogen-bond acceptors (Lipinski definition) is 8. The molecule has 8 nitrogen and oxygen atoms in total. The van der Waals surface area contributed by atoms with Crippen LogP contribution < -0.4 is 14.4 Å². The summed E-state index contributed by atoms with van der Waals surface area (Å²) >= 11 is 1.34. The summed E-state index contributed by atoms with van der Waals surface area (Å²) in [6, 6.07) is 14.4. The Bertz CT molecular complexity index is 1170. The number of nitrogens with zero attached hydrogens (tertiary/aromatic N) is 4. The van der Waals surface area contributed by atoms with Crippen molar-refractivity contribution in [2.24, 2.45) is 0 Å². The summed E-state index contributed by atoms with van der Waals surface area (Å²) in [6.45, 7) is 3.51. The third-order valence-electron chi connectivity index (χ3n) is 4.96. The average Bonchev–Trinajstić information content (AvgIpc) is 2.98. The number of carbonyl (C=O) groups is 2. The van der Waals surface area contributed by atoms with E-state index in [0.717, 1.165) is 0 Å². The predicted octanol–water partition coefficient (Wildman–Crippen LogP) is 4.41. The van der Waals surface area contributed by atoms with Crippen LogP contribution in [0.5, 0.6) is 11.6 Å². The fraction of sp³-hybridized carbons (Fsp3) is 0.261. The van der Waals surface area contributed by atoms with E-state index in [4.69, 9.17) is 9.47 Å². The van der Waals surface area contributed by atoms with Gasteiger partial charge in [-0.05, 0) is 24.5 Å². The normalized spacial score (nSPS) is 14.6. The maximum absolute atomic E-state index is 13.2. The number of rotatable bonds is 5. The smallest absolute Gasteiger partial charge is 0.310 e. The Morgan fingerprint density at radius 2 is 1.81 bits per heavy atom. The molecule has 0 N–H and O–H groups in total. The molecule has 2 heterocycles. The summed E-state index contributed by atoms with van der Waals surface area (Å²) in [4.78, 5) is 31.3. The SMILES string of the molecule is CCC(=O)Oc1ccccc1[C@H]1Oc2nc(SC)nnc2-c2ccccc2N1C(=O)CC. The number of esters is 1. The lowest BCUT2D eigenvalue weighted by Gasteiger charge is -2.31. The van der Waals surface area contributed by atoms with Crippen molar-refractivity contribution < 1.29 is 19.1 Å². The number of aromatic nitrogens is 3. The number of benzene rings is 2. The van der Waals surface area contributed by atoms with Crippen LogP contribution in [0.4, 0.5) is 5.69 Å². The second kappa shape index (κ2) is 9.35. The van der Waals surface area contributed by atoms with Gasteiger partial charge in [-0.3, -0.25) is 14.5 Å². The number of amides is 1. The minimum atomic E-state index is -0.919. The Morgan fingerprint density at radius 1 is 1.06 bits per heavy atom. The number of thioether (sulfide) groups is 1. The lowest BCUT2D eigenvalue weighted by molar-refractivity contribution is -0.134. The van der Waals surface area contributed by atoms with E-state index in [0.29, 0.717) is 33.4 Å². The molecule has 164 valence electrons. The Morgan fingerprint density at radius 3 is 2.56 bits per heavy atom. The molecule has 0 fully saturated rings. The third kappa shape index (κ3) is 4.03. The van der Waals surface area contributed by atoms with Gasteiger partial charge in [0.15, 0.2) is 5.69 Å². The van der Waals surface area contributed by atoms with Crippen LogP contribution in [0.2, 0.25) is 0 Å². The molecule has 0 radical (unpaired) electrons. The lowest BCUT2D eigenvalue weighted by Crippen LogP contribution is -2.37. The van der Waals surface area contributed by atoms with Gasteiger partial charge in [0.05, 0.1) is 11.3 Å². The summed E-state index contributed by atoms with van der Waals surface area (Å²) in [6.07, 6.45) is 1.39. The molecule has 1 atom stereocenters. The van der Waals surface area contributed by atoms with Crippen LogP contribution in [0.15, 0.2) is 53.7 Å². The second-order valence-corrected chi connectivity index (χ2v) is 7.70. The Hall–Kier alpha value is -3.46. The molecule has 1 aliphatic rings. The first kappa shape index (κ1) is 21.8. The quantitative estimate of drug-likeness (QED) is 0.320. The van der Waals surface area contributed by atoms with Crippen molar-refractivity contribution >= 4 is 29.3 Å². The van der Waals surface area contributed by atoms with Gasteiger partial charge in [0, 0.05) is 18.4 Å². The minimum Gasteiger partial charge on any atom is -0.447 e. The molecule has 4 rings (SSSR count). The molecular formula is C23H22N4O4S. The molecule has 0 spiro atoms. The Kier molecular flexibility index (Phi) is 6.36. The molecule has 0 aliphatic carbocycles. The molecule has 1 aromatic heterocycles. The van der Waals surface area contributed by atoms with E-state index >= 15 is 0 Å². The number of anilines is 1. The Balaban J connectivity index is 1.96. The Labute approximate surface area is 190 Å². The molecule has 32 heavy (non-hydrogen) atoms. The predicted molar refractivity (Wildman–Crippen MR) is 121 cm³/mol. The molecule has 0 saturated heterocycles. The highest BCUT2D eigenvalue weighted by atomic mass is 32.2. The van der Waals surface area contributed by atoms with Crippen molar-refractivity contribution in [3.05, 3.63) is 54.1 Å². The lowest BCUT2D eigenvalue weighted by atomic mass is 10.1. The molecule has 1 amide bonds. The molecular weight excluding hydrogens is 428 g/mol. The van der Waals surface area contributed by atoms with Crippen molar-refractivity contribution in [3.8, 4) is 22.9 Å². The van der Waals surface area contributed by atoms with Crippen molar-refractivity contribution in [2.75, 3.05) is 11.2 Å².